The van der Waals surface area contributed by atoms with Crippen LogP contribution in [0.2, 0.25) is 5.02 Å². The molecule has 0 heterocycles. The van der Waals surface area contributed by atoms with Gasteiger partial charge in [0.05, 0.1) is 12.8 Å². The average Bonchev–Trinajstić information content (AvgIpc) is 2.50. The monoisotopic (exact) mass is 321 g/mol. The number of halogens is 1. The predicted molar refractivity (Wildman–Crippen MR) is 93.0 cm³/mol. The van der Waals surface area contributed by atoms with Gasteiger partial charge in [-0.25, -0.2) is 0 Å². The number of aryl methyl sites for hydroxylation is 1. The Morgan fingerprint density at radius 2 is 1.86 bits per heavy atom. The highest BCUT2D eigenvalue weighted by molar-refractivity contribution is 7.98. The molecule has 21 heavy (non-hydrogen) atoms. The molecule has 2 aromatic rings. The minimum absolute atomic E-state index is 0.190. The van der Waals surface area contributed by atoms with Gasteiger partial charge < -0.3 is 10.1 Å². The first-order valence-corrected chi connectivity index (χ1v) is 8.40. The van der Waals surface area contributed by atoms with Gasteiger partial charge in [-0.2, -0.15) is 0 Å². The van der Waals surface area contributed by atoms with Gasteiger partial charge in [0.15, 0.2) is 0 Å². The molecule has 112 valence electrons. The lowest BCUT2D eigenvalue weighted by atomic mass is 10.1. The summed E-state index contributed by atoms with van der Waals surface area (Å²) in [4.78, 5) is 1.27. The summed E-state index contributed by atoms with van der Waals surface area (Å²) in [6.07, 6.45) is 2.08. The highest BCUT2D eigenvalue weighted by Gasteiger charge is 2.11. The molecule has 0 aliphatic rings. The van der Waals surface area contributed by atoms with Crippen LogP contribution in [-0.2, 0) is 0 Å². The first-order valence-electron chi connectivity index (χ1n) is 6.79. The molecule has 4 heteroatoms. The van der Waals surface area contributed by atoms with E-state index in [0.717, 1.165) is 22.0 Å². The molecule has 1 atom stereocenters. The molecule has 0 saturated carbocycles. The molecule has 0 fully saturated rings. The van der Waals surface area contributed by atoms with E-state index in [1.54, 1.807) is 18.9 Å². The van der Waals surface area contributed by atoms with Gasteiger partial charge in [-0.15, -0.1) is 11.8 Å². The molecule has 0 amide bonds. The molecule has 0 saturated heterocycles. The van der Waals surface area contributed by atoms with Gasteiger partial charge in [-0.05, 0) is 49.4 Å². The summed E-state index contributed by atoms with van der Waals surface area (Å²) < 4.78 is 5.40. The lowest BCUT2D eigenvalue weighted by molar-refractivity contribution is 0.416. The number of nitrogens with one attached hydrogen (secondary N) is 1. The van der Waals surface area contributed by atoms with E-state index in [4.69, 9.17) is 16.3 Å². The largest absolute Gasteiger partial charge is 0.495 e. The van der Waals surface area contributed by atoms with Crippen molar-refractivity contribution in [3.63, 3.8) is 0 Å². The maximum absolute atomic E-state index is 6.14. The maximum atomic E-state index is 6.14. The van der Waals surface area contributed by atoms with Gasteiger partial charge in [0.1, 0.15) is 5.75 Å². The quantitative estimate of drug-likeness (QED) is 0.729. The van der Waals surface area contributed by atoms with Crippen molar-refractivity contribution in [2.75, 3.05) is 18.7 Å². The van der Waals surface area contributed by atoms with Gasteiger partial charge in [0.2, 0.25) is 0 Å². The number of anilines is 1. The van der Waals surface area contributed by atoms with Gasteiger partial charge in [0.25, 0.3) is 0 Å². The minimum atomic E-state index is 0.190. The molecular weight excluding hydrogens is 302 g/mol. The molecule has 1 unspecified atom stereocenters. The van der Waals surface area contributed by atoms with Crippen molar-refractivity contribution < 1.29 is 4.74 Å². The summed E-state index contributed by atoms with van der Waals surface area (Å²) in [7, 11) is 1.66. The molecule has 0 aromatic heterocycles. The second-order valence-corrected chi connectivity index (χ2v) is 6.23. The maximum Gasteiger partial charge on any atom is 0.143 e. The molecule has 0 aliphatic carbocycles. The number of thioether (sulfide) groups is 1. The van der Waals surface area contributed by atoms with Crippen LogP contribution in [0.5, 0.6) is 5.75 Å². The Morgan fingerprint density at radius 3 is 2.43 bits per heavy atom. The second-order valence-electron chi connectivity index (χ2n) is 4.94. The molecular formula is C17H20ClNOS. The van der Waals surface area contributed by atoms with Crippen molar-refractivity contribution in [3.05, 3.63) is 52.5 Å². The van der Waals surface area contributed by atoms with Crippen molar-refractivity contribution in [2.24, 2.45) is 0 Å². The Labute approximate surface area is 135 Å². The van der Waals surface area contributed by atoms with Crippen LogP contribution in [0.15, 0.2) is 41.3 Å². The van der Waals surface area contributed by atoms with Crippen molar-refractivity contribution in [1.29, 1.82) is 0 Å². The summed E-state index contributed by atoms with van der Waals surface area (Å²) in [5.41, 5.74) is 3.23. The number of methoxy groups -OCH3 is 1. The van der Waals surface area contributed by atoms with Crippen LogP contribution in [0.25, 0.3) is 0 Å². The molecule has 1 N–H and O–H groups in total. The Morgan fingerprint density at radius 1 is 1.19 bits per heavy atom. The molecule has 2 rings (SSSR count). The lowest BCUT2D eigenvalue weighted by Crippen LogP contribution is -2.08. The van der Waals surface area contributed by atoms with Crippen molar-refractivity contribution in [1.82, 2.24) is 0 Å². The fraction of sp³-hybridized carbons (Fsp3) is 0.294. The summed E-state index contributed by atoms with van der Waals surface area (Å²) in [6.45, 7) is 4.13. The van der Waals surface area contributed by atoms with Gasteiger partial charge in [-0.3, -0.25) is 0 Å². The van der Waals surface area contributed by atoms with Crippen LogP contribution in [0, 0.1) is 6.92 Å². The molecule has 2 nitrogen and oxygen atoms in total. The van der Waals surface area contributed by atoms with E-state index >= 15 is 0 Å². The smallest absolute Gasteiger partial charge is 0.143 e. The fourth-order valence-electron chi connectivity index (χ4n) is 2.15. The molecule has 0 spiro atoms. The van der Waals surface area contributed by atoms with Crippen molar-refractivity contribution in [2.45, 2.75) is 24.8 Å². The Bertz CT molecular complexity index is 613. The van der Waals surface area contributed by atoms with Crippen LogP contribution in [0.4, 0.5) is 5.69 Å². The first kappa shape index (κ1) is 16.1. The highest BCUT2D eigenvalue weighted by atomic mass is 35.5. The third kappa shape index (κ3) is 3.86. The van der Waals surface area contributed by atoms with Crippen LogP contribution in [0.3, 0.4) is 0 Å². The highest BCUT2D eigenvalue weighted by Crippen LogP contribution is 2.33. The average molecular weight is 322 g/mol. The summed E-state index contributed by atoms with van der Waals surface area (Å²) in [5, 5.41) is 4.21. The first-order chi connectivity index (χ1) is 10.0. The third-order valence-corrected chi connectivity index (χ3v) is 4.62. The van der Waals surface area contributed by atoms with Crippen LogP contribution < -0.4 is 10.1 Å². The topological polar surface area (TPSA) is 21.3 Å². The zero-order chi connectivity index (χ0) is 15.4. The summed E-state index contributed by atoms with van der Waals surface area (Å²) >= 11 is 7.89. The Hall–Kier alpha value is -1.32. The number of benzene rings is 2. The van der Waals surface area contributed by atoms with Crippen molar-refractivity contribution >= 4 is 29.1 Å². The van der Waals surface area contributed by atoms with E-state index in [2.05, 4.69) is 42.8 Å². The third-order valence-electron chi connectivity index (χ3n) is 3.47. The van der Waals surface area contributed by atoms with Gasteiger partial charge >= 0.3 is 0 Å². The number of hydrogen-bond acceptors (Lipinski definition) is 3. The summed E-state index contributed by atoms with van der Waals surface area (Å²) in [6, 6.07) is 12.6. The SMILES string of the molecule is COc1cc(Cl)c(C)cc1NC(C)c1ccc(SC)cc1. The minimum Gasteiger partial charge on any atom is -0.495 e. The molecule has 0 radical (unpaired) electrons. The summed E-state index contributed by atoms with van der Waals surface area (Å²) in [5.74, 6) is 0.762. The second kappa shape index (κ2) is 7.10. The van der Waals surface area contributed by atoms with Gasteiger partial charge in [0, 0.05) is 22.0 Å². The van der Waals surface area contributed by atoms with E-state index in [-0.39, 0.29) is 6.04 Å². The zero-order valence-corrected chi connectivity index (χ0v) is 14.3. The van der Waals surface area contributed by atoms with E-state index in [0.29, 0.717) is 0 Å². The Kier molecular flexibility index (Phi) is 5.43. The van der Waals surface area contributed by atoms with E-state index in [1.165, 1.54) is 10.5 Å². The number of rotatable bonds is 5. The molecule has 0 bridgehead atoms. The van der Waals surface area contributed by atoms with E-state index < -0.39 is 0 Å². The molecule has 0 aliphatic heterocycles. The van der Waals surface area contributed by atoms with Gasteiger partial charge in [-0.1, -0.05) is 23.7 Å². The fourth-order valence-corrected chi connectivity index (χ4v) is 2.72. The van der Waals surface area contributed by atoms with Crippen molar-refractivity contribution in [3.8, 4) is 5.75 Å². The standard InChI is InChI=1S/C17H20ClNOS/c1-11-9-16(17(20-3)10-15(11)18)19-12(2)13-5-7-14(21-4)8-6-13/h5-10,12,19H,1-4H3. The zero-order valence-electron chi connectivity index (χ0n) is 12.7. The predicted octanol–water partition coefficient (Wildman–Crippen LogP) is 5.55. The number of ether oxygens (including phenoxy) is 1. The van der Waals surface area contributed by atoms with Crippen LogP contribution in [-0.4, -0.2) is 13.4 Å². The normalized spacial score (nSPS) is 12.0. The Balaban J connectivity index is 2.22. The number of hydrogen-bond donors (Lipinski definition) is 1. The lowest BCUT2D eigenvalue weighted by Gasteiger charge is -2.19. The van der Waals surface area contributed by atoms with E-state index in [1.807, 2.05) is 19.1 Å². The molecule has 2 aromatic carbocycles. The van der Waals surface area contributed by atoms with E-state index in [9.17, 15) is 0 Å². The van der Waals surface area contributed by atoms with Crippen LogP contribution >= 0.6 is 23.4 Å². The van der Waals surface area contributed by atoms with Crippen LogP contribution in [0.1, 0.15) is 24.1 Å².